The van der Waals surface area contributed by atoms with Gasteiger partial charge in [0.25, 0.3) is 30.4 Å². The number of carbonyl (C=O) groups excluding carboxylic acids is 4. The zero-order valence-corrected chi connectivity index (χ0v) is 57.7. The number of allylic oxidation sites excluding steroid dienone is 7. The van der Waals surface area contributed by atoms with Crippen LogP contribution in [0.1, 0.15) is 146 Å². The largest absolute Gasteiger partial charge is 0.481 e. The number of nitrogens with zero attached hydrogens (tertiary/aromatic N) is 2. The first-order chi connectivity index (χ1) is 45.8. The Bertz CT molecular complexity index is 4030. The Balaban J connectivity index is 1.08. The van der Waals surface area contributed by atoms with Crippen molar-refractivity contribution < 1.29 is 87.2 Å². The molecule has 0 spiro atoms. The summed E-state index contributed by atoms with van der Waals surface area (Å²) >= 11 is 0. The number of Topliss-reactive ketones (excluding diaryl/α,β-unsaturated/α-hetero) is 2. The molecule has 0 unspecified atom stereocenters. The van der Waals surface area contributed by atoms with Crippen molar-refractivity contribution in [3.05, 3.63) is 172 Å². The Kier molecular flexibility index (Phi) is 27.0. The highest BCUT2D eigenvalue weighted by molar-refractivity contribution is 7.86. The van der Waals surface area contributed by atoms with Crippen LogP contribution in [0.25, 0.3) is 0 Å². The number of ketones is 2. The lowest BCUT2D eigenvalue weighted by molar-refractivity contribution is -0.438. The summed E-state index contributed by atoms with van der Waals surface area (Å²) in [7, 11) is -12.5. The van der Waals surface area contributed by atoms with Gasteiger partial charge in [0.2, 0.25) is 11.6 Å². The average Bonchev–Trinajstić information content (AvgIpc) is 1.61. The van der Waals surface area contributed by atoms with Gasteiger partial charge < -0.3 is 35.8 Å². The van der Waals surface area contributed by atoms with E-state index >= 15 is 0 Å². The first kappa shape index (κ1) is 76.2. The van der Waals surface area contributed by atoms with Crippen molar-refractivity contribution in [2.45, 2.75) is 160 Å². The van der Waals surface area contributed by atoms with Crippen molar-refractivity contribution in [3.63, 3.8) is 0 Å². The lowest BCUT2D eigenvalue weighted by Gasteiger charge is -2.27. The molecule has 26 heteroatoms. The van der Waals surface area contributed by atoms with Crippen molar-refractivity contribution in [3.8, 4) is 5.75 Å². The number of carbonyl (C=O) groups is 6. The van der Waals surface area contributed by atoms with Crippen molar-refractivity contribution in [2.24, 2.45) is 5.92 Å². The Morgan fingerprint density at radius 3 is 1.91 bits per heavy atom. The van der Waals surface area contributed by atoms with Crippen molar-refractivity contribution in [2.75, 3.05) is 41.8 Å². The van der Waals surface area contributed by atoms with Crippen molar-refractivity contribution in [1.82, 2.24) is 16.0 Å². The summed E-state index contributed by atoms with van der Waals surface area (Å²) in [5.41, 5.74) is 8.36. The van der Waals surface area contributed by atoms with Crippen molar-refractivity contribution >= 4 is 82.9 Å². The Morgan fingerprint density at radius 2 is 1.24 bits per heavy atom. The van der Waals surface area contributed by atoms with Gasteiger partial charge in [0.1, 0.15) is 29.9 Å². The minimum absolute atomic E-state index is 0.00155. The van der Waals surface area contributed by atoms with Gasteiger partial charge in [-0.3, -0.25) is 32.8 Å². The molecule has 1 aliphatic carbocycles. The fourth-order valence-electron chi connectivity index (χ4n) is 12.6. The van der Waals surface area contributed by atoms with Crippen LogP contribution >= 0.6 is 0 Å². The van der Waals surface area contributed by atoms with Gasteiger partial charge in [0.05, 0.1) is 34.6 Å². The summed E-state index contributed by atoms with van der Waals surface area (Å²) in [6.07, 6.45) is 11.4. The minimum atomic E-state index is -4.24. The Labute approximate surface area is 568 Å². The van der Waals surface area contributed by atoms with Crippen molar-refractivity contribution in [1.29, 1.82) is 0 Å². The van der Waals surface area contributed by atoms with E-state index in [2.05, 4.69) is 89.6 Å². The van der Waals surface area contributed by atoms with Gasteiger partial charge in [0.15, 0.2) is 11.5 Å². The SMILES string of the molecule is CC1(C)C(=CC=C2CCCC(C=CC3=[N+](CCCCS(=O)(=O)O)c4ccccc4C3(C)C)=C2Oc2ccc(C[C@H](CC(=O)[C@H](Cc3ccccc3)NC(=O)CCCCC(=O)CC[C@H](NC(=O)NCCCS(=O)(=O)O)C(=O)O)C(=O)O)cc2)N(CCCCS(=O)(=O)O)c2ccccc21. The number of rotatable bonds is 38. The molecule has 3 amide bonds. The highest BCUT2D eigenvalue weighted by atomic mass is 32.2. The van der Waals surface area contributed by atoms with Crippen LogP contribution in [0, 0.1) is 5.92 Å². The second-order valence-electron chi connectivity index (χ2n) is 25.9. The lowest BCUT2D eigenvalue weighted by atomic mass is 9.81. The summed E-state index contributed by atoms with van der Waals surface area (Å²) in [6, 6.07) is 28.7. The number of amides is 3. The van der Waals surface area contributed by atoms with E-state index in [0.29, 0.717) is 55.8 Å². The molecule has 3 aliphatic rings. The van der Waals surface area contributed by atoms with Crippen LogP contribution in [-0.4, -0.2) is 144 Å². The van der Waals surface area contributed by atoms with Gasteiger partial charge in [-0.05, 0) is 149 Å². The number of hydrogen-bond acceptors (Lipinski definition) is 14. The number of hydrogen-bond donors (Lipinski definition) is 8. The van der Waals surface area contributed by atoms with Crippen LogP contribution in [0.15, 0.2) is 150 Å². The number of benzene rings is 4. The maximum atomic E-state index is 14.2. The highest BCUT2D eigenvalue weighted by Crippen LogP contribution is 2.48. The highest BCUT2D eigenvalue weighted by Gasteiger charge is 2.44. The van der Waals surface area contributed by atoms with E-state index in [1.54, 1.807) is 54.6 Å². The number of anilines is 1. The normalized spacial score (nSPS) is 17.0. The number of ether oxygens (including phenoxy) is 1. The summed E-state index contributed by atoms with van der Waals surface area (Å²) in [5, 5.41) is 27.5. The Morgan fingerprint density at radius 1 is 0.619 bits per heavy atom. The zero-order chi connectivity index (χ0) is 70.7. The molecular weight excluding hydrogens is 1310 g/mol. The topological polar surface area (TPSA) is 358 Å². The van der Waals surface area contributed by atoms with Gasteiger partial charge in [-0.2, -0.15) is 29.8 Å². The number of urea groups is 1. The third-order valence-corrected chi connectivity index (χ3v) is 20.2. The van der Waals surface area contributed by atoms with E-state index in [1.807, 2.05) is 36.4 Å². The molecule has 2 aliphatic heterocycles. The number of carboxylic acid groups (broad SMARTS) is 2. The number of aliphatic carboxylic acids is 2. The molecule has 0 saturated heterocycles. The van der Waals surface area contributed by atoms with Crippen LogP contribution in [0.5, 0.6) is 5.75 Å². The zero-order valence-electron chi connectivity index (χ0n) is 55.3. The lowest BCUT2D eigenvalue weighted by Crippen LogP contribution is -2.46. The fraction of sp³-hybridized carbons (Fsp3) is 0.451. The predicted molar refractivity (Wildman–Crippen MR) is 369 cm³/mol. The maximum Gasteiger partial charge on any atom is 0.326 e. The molecule has 7 rings (SSSR count). The third kappa shape index (κ3) is 23.0. The molecule has 524 valence electrons. The molecule has 0 saturated carbocycles. The van der Waals surface area contributed by atoms with E-state index in [0.717, 1.165) is 57.0 Å². The number of nitrogens with one attached hydrogen (secondary N) is 3. The number of unbranched alkanes of at least 4 members (excludes halogenated alkanes) is 3. The molecule has 2 heterocycles. The smallest absolute Gasteiger partial charge is 0.326 e. The quantitative estimate of drug-likeness (QED) is 0.0117. The van der Waals surface area contributed by atoms with Crippen LogP contribution in [-0.2, 0) is 78.0 Å². The fourth-order valence-corrected chi connectivity index (χ4v) is 14.3. The summed E-state index contributed by atoms with van der Waals surface area (Å²) in [5.74, 6) is -5.35. The first-order valence-corrected chi connectivity index (χ1v) is 37.6. The molecule has 0 bridgehead atoms. The third-order valence-electron chi connectivity index (χ3n) is 17.7. The van der Waals surface area contributed by atoms with E-state index in [1.165, 1.54) is 0 Å². The van der Waals surface area contributed by atoms with Crippen LogP contribution in [0.2, 0.25) is 0 Å². The molecule has 3 atom stereocenters. The molecule has 23 nitrogen and oxygen atoms in total. The van der Waals surface area contributed by atoms with E-state index in [9.17, 15) is 73.3 Å². The molecule has 4 aromatic carbocycles. The Hall–Kier alpha value is -8.14. The first-order valence-electron chi connectivity index (χ1n) is 32.7. The molecular formula is C71H90N5O18S3+. The minimum Gasteiger partial charge on any atom is -0.481 e. The standard InChI is InChI=1S/C71H89N5O18S3/c1-70(2)56-25-9-11-27-60(56)75(41-14-16-43-95(85,86)87)63(70)38-32-51-22-18-23-52(33-39-64-71(3,4)57-26-10-12-28-61(57)76(64)42-15-17-44-96(88,89)90)66(51)94-55-35-30-50(31-36-55)46-53(67(80)81)48-62(78)59(47-49-20-6-5-7-21-49)73-65(79)29-13-8-24-54(77)34-37-58(68(82)83)74-69(84)72-40-19-45-97(91,92)93/h5-7,9-12,20-21,25-28,30-33,35-36,38-39,53,58-59H,8,13-19,22-24,29,34,37,40-48H2,1-4H3,(H7-,72,73,74,79,80,81,82,83,84,85,86,87,88,89,90,91,92,93)/p+1/t53-,58+,59+/m1/s1. The summed E-state index contributed by atoms with van der Waals surface area (Å²) in [4.78, 5) is 79.7. The van der Waals surface area contributed by atoms with Crippen LogP contribution in [0.4, 0.5) is 16.2 Å². The van der Waals surface area contributed by atoms with E-state index < -0.39 is 101 Å². The van der Waals surface area contributed by atoms with Gasteiger partial charge in [0, 0.05) is 79.7 Å². The molecule has 8 N–H and O–H groups in total. The molecule has 4 aromatic rings. The number of para-hydroxylation sites is 2. The van der Waals surface area contributed by atoms with Crippen LogP contribution < -0.4 is 25.6 Å². The molecule has 0 fully saturated rings. The molecule has 97 heavy (non-hydrogen) atoms. The van der Waals surface area contributed by atoms with Crippen LogP contribution in [0.3, 0.4) is 0 Å². The summed E-state index contributed by atoms with van der Waals surface area (Å²) < 4.78 is 106. The average molecular weight is 1400 g/mol. The van der Waals surface area contributed by atoms with E-state index in [-0.39, 0.29) is 94.5 Å². The van der Waals surface area contributed by atoms with Gasteiger partial charge >= 0.3 is 18.0 Å². The predicted octanol–water partition coefficient (Wildman–Crippen LogP) is 9.95. The van der Waals surface area contributed by atoms with Gasteiger partial charge in [-0.25, -0.2) is 9.59 Å². The maximum absolute atomic E-state index is 14.2. The van der Waals surface area contributed by atoms with Gasteiger partial charge in [-0.1, -0.05) is 98.8 Å². The number of fused-ring (bicyclic) bond motifs is 2. The monoisotopic (exact) mass is 1400 g/mol. The second-order valence-corrected chi connectivity index (χ2v) is 30.6. The number of carboxylic acids is 2. The molecule has 0 radical (unpaired) electrons. The molecule has 0 aromatic heterocycles. The van der Waals surface area contributed by atoms with Gasteiger partial charge in [-0.15, -0.1) is 0 Å². The summed E-state index contributed by atoms with van der Waals surface area (Å²) in [6.45, 7) is 9.40. The second kappa shape index (κ2) is 34.4. The van der Waals surface area contributed by atoms with E-state index in [4.69, 9.17) is 9.29 Å².